The number of hydrogen-bond acceptors (Lipinski definition) is 10. The van der Waals surface area contributed by atoms with Crippen LogP contribution < -0.4 is 20.1 Å². The second-order valence-corrected chi connectivity index (χ2v) is 17.3. The third kappa shape index (κ3) is 7.82. The molecule has 0 radical (unpaired) electrons. The van der Waals surface area contributed by atoms with Crippen molar-refractivity contribution < 1.29 is 41.8 Å². The highest BCUT2D eigenvalue weighted by atomic mass is 32.2. The number of nitrogens with zero attached hydrogens (tertiary/aromatic N) is 2. The monoisotopic (exact) mass is 753 g/mol. The first-order valence-electron chi connectivity index (χ1n) is 19.2. The van der Waals surface area contributed by atoms with Gasteiger partial charge in [-0.1, -0.05) is 44.7 Å². The van der Waals surface area contributed by atoms with E-state index in [1.807, 2.05) is 25.1 Å². The second-order valence-electron chi connectivity index (χ2n) is 15.4. The van der Waals surface area contributed by atoms with Crippen LogP contribution in [0.4, 0.5) is 4.79 Å². The van der Waals surface area contributed by atoms with Crippen molar-refractivity contribution in [2.75, 3.05) is 13.7 Å². The van der Waals surface area contributed by atoms with Crippen LogP contribution in [0.3, 0.4) is 0 Å². The van der Waals surface area contributed by atoms with E-state index < -0.39 is 69.0 Å². The van der Waals surface area contributed by atoms with Crippen molar-refractivity contribution >= 4 is 44.6 Å². The number of cyclic esters (lactones) is 1. The molecule has 15 heteroatoms. The Hall–Kier alpha value is -3.98. The van der Waals surface area contributed by atoms with Gasteiger partial charge in [-0.15, -0.1) is 0 Å². The lowest BCUT2D eigenvalue weighted by molar-refractivity contribution is -0.155. The number of fused-ring (bicyclic) bond motifs is 3. The number of amides is 4. The first-order valence-corrected chi connectivity index (χ1v) is 20.8. The van der Waals surface area contributed by atoms with Gasteiger partial charge in [0.25, 0.3) is 5.91 Å². The van der Waals surface area contributed by atoms with E-state index in [4.69, 9.17) is 14.2 Å². The molecule has 3 saturated carbocycles. The predicted molar refractivity (Wildman–Crippen MR) is 194 cm³/mol. The zero-order valence-corrected chi connectivity index (χ0v) is 31.3. The van der Waals surface area contributed by atoms with Crippen LogP contribution in [-0.2, 0) is 40.3 Å². The summed E-state index contributed by atoms with van der Waals surface area (Å²) in [5.74, 6) is -2.07. The van der Waals surface area contributed by atoms with Gasteiger partial charge >= 0.3 is 6.09 Å². The Bertz CT molecular complexity index is 1830. The molecule has 1 aromatic carbocycles. The van der Waals surface area contributed by atoms with Crippen LogP contribution in [0.5, 0.6) is 5.88 Å². The van der Waals surface area contributed by atoms with E-state index >= 15 is 0 Å². The van der Waals surface area contributed by atoms with Crippen molar-refractivity contribution in [1.29, 1.82) is 0 Å². The molecule has 1 saturated heterocycles. The molecule has 4 bridgehead atoms. The number of benzene rings is 1. The normalized spacial score (nSPS) is 30.1. The number of hydrogen-bond donors (Lipinski definition) is 3. The molecule has 0 spiro atoms. The third-order valence-corrected chi connectivity index (χ3v) is 13.6. The fraction of sp³-hybridized carbons (Fsp3) is 0.658. The standard InChI is InChI=1S/C38H51N5O9S/c1-3-26-22-38(26,36(46)42-53(48,49)27-15-16-27)41-32(44)29-21-30-35(50-2)43(29)34(45)31(25-11-7-4-8-12-25)40-37(47)51-19-9-5-6-10-23-13-14-24-17-18-39-33(52-30)28(24)20-23/h13-14,17-18,20,25-27,29-31,35H,3-12,15-16,19,21-22H2,1-2H3,(H,40,47)(H,41,44)(H,42,46)/t26-,29-,30+,31-,35?,38+/m0/s1. The second kappa shape index (κ2) is 15.4. The van der Waals surface area contributed by atoms with Crippen molar-refractivity contribution in [3.63, 3.8) is 0 Å². The van der Waals surface area contributed by atoms with Crippen LogP contribution in [0.25, 0.3) is 10.8 Å². The lowest BCUT2D eigenvalue weighted by Gasteiger charge is -2.37. The van der Waals surface area contributed by atoms with Crippen LogP contribution in [0.1, 0.15) is 96.0 Å². The average Bonchev–Trinajstić information content (AvgIpc) is 4.09. The molecule has 7 rings (SSSR count). The highest BCUT2D eigenvalue weighted by Gasteiger charge is 2.63. The highest BCUT2D eigenvalue weighted by molar-refractivity contribution is 7.91. The van der Waals surface area contributed by atoms with Gasteiger partial charge in [-0.2, -0.15) is 0 Å². The molecule has 3 N–H and O–H groups in total. The third-order valence-electron chi connectivity index (χ3n) is 11.8. The minimum atomic E-state index is -3.87. The van der Waals surface area contributed by atoms with Gasteiger partial charge in [0.05, 0.1) is 11.9 Å². The van der Waals surface area contributed by atoms with E-state index in [0.717, 1.165) is 54.9 Å². The van der Waals surface area contributed by atoms with Crippen LogP contribution in [-0.4, -0.2) is 91.0 Å². The minimum absolute atomic E-state index is 0.00939. The van der Waals surface area contributed by atoms with E-state index in [2.05, 4.69) is 26.4 Å². The van der Waals surface area contributed by atoms with E-state index in [1.54, 1.807) is 6.20 Å². The maximum atomic E-state index is 14.9. The van der Waals surface area contributed by atoms with Gasteiger partial charge < -0.3 is 24.8 Å². The highest BCUT2D eigenvalue weighted by Crippen LogP contribution is 2.47. The maximum absolute atomic E-state index is 14.9. The van der Waals surface area contributed by atoms with E-state index in [9.17, 15) is 27.6 Å². The van der Waals surface area contributed by atoms with Gasteiger partial charge in [0, 0.05) is 25.1 Å². The summed E-state index contributed by atoms with van der Waals surface area (Å²) in [5, 5.41) is 6.85. The van der Waals surface area contributed by atoms with Gasteiger partial charge in [-0.3, -0.25) is 24.0 Å². The fourth-order valence-corrected chi connectivity index (χ4v) is 9.88. The van der Waals surface area contributed by atoms with Crippen LogP contribution in [0, 0.1) is 11.8 Å². The van der Waals surface area contributed by atoms with Crippen molar-refractivity contribution in [2.45, 2.75) is 132 Å². The SMILES string of the molecule is CC[C@H]1C[C@]1(NC(=O)[C@@H]1C[C@H]2Oc3nccc4ccc(cc34)CCCCCOC(=O)N[C@@H](C3CCCCC3)C(=O)N1C2OC)C(=O)NS(=O)(=O)C1CC1. The number of carbonyl (C=O) groups excluding carboxylic acids is 4. The summed E-state index contributed by atoms with van der Waals surface area (Å²) in [4.78, 5) is 62.3. The molecule has 2 aromatic rings. The molecule has 3 heterocycles. The molecule has 4 fully saturated rings. The quantitative estimate of drug-likeness (QED) is 0.358. The maximum Gasteiger partial charge on any atom is 0.407 e. The molecule has 6 atom stereocenters. The van der Waals surface area contributed by atoms with E-state index in [0.29, 0.717) is 44.4 Å². The Morgan fingerprint density at radius 3 is 2.55 bits per heavy atom. The van der Waals surface area contributed by atoms with Crippen molar-refractivity contribution in [1.82, 2.24) is 25.2 Å². The average molecular weight is 754 g/mol. The molecule has 288 valence electrons. The number of ether oxygens (including phenoxy) is 3. The molecule has 5 aliphatic rings. The molecule has 1 aromatic heterocycles. The topological polar surface area (TPSA) is 182 Å². The first kappa shape index (κ1) is 37.3. The van der Waals surface area contributed by atoms with Gasteiger partial charge in [-0.05, 0) is 92.7 Å². The largest absolute Gasteiger partial charge is 0.469 e. The van der Waals surface area contributed by atoms with Crippen LogP contribution in [0.15, 0.2) is 30.5 Å². The van der Waals surface area contributed by atoms with Crippen molar-refractivity contribution in [2.24, 2.45) is 11.8 Å². The molecule has 4 amide bonds. The summed E-state index contributed by atoms with van der Waals surface area (Å²) in [7, 11) is -2.44. The fourth-order valence-electron chi connectivity index (χ4n) is 8.52. The Labute approximate surface area is 310 Å². The predicted octanol–water partition coefficient (Wildman–Crippen LogP) is 3.85. The van der Waals surface area contributed by atoms with Gasteiger partial charge in [-0.25, -0.2) is 18.2 Å². The van der Waals surface area contributed by atoms with Gasteiger partial charge in [0.1, 0.15) is 23.7 Å². The number of pyridine rings is 1. The summed E-state index contributed by atoms with van der Waals surface area (Å²) in [6, 6.07) is 5.84. The molecule has 1 unspecified atom stereocenters. The van der Waals surface area contributed by atoms with Crippen LogP contribution >= 0.6 is 0 Å². The summed E-state index contributed by atoms with van der Waals surface area (Å²) in [6.45, 7) is 2.08. The first-order chi connectivity index (χ1) is 25.5. The Morgan fingerprint density at radius 1 is 1.06 bits per heavy atom. The zero-order valence-electron chi connectivity index (χ0n) is 30.5. The Morgan fingerprint density at radius 2 is 1.83 bits per heavy atom. The molecule has 53 heavy (non-hydrogen) atoms. The number of nitrogens with one attached hydrogen (secondary N) is 3. The molecular weight excluding hydrogens is 703 g/mol. The summed E-state index contributed by atoms with van der Waals surface area (Å²) in [5.41, 5.74) is -0.356. The minimum Gasteiger partial charge on any atom is -0.469 e. The lowest BCUT2D eigenvalue weighted by atomic mass is 9.83. The molecule has 2 aliphatic heterocycles. The number of carbonyl (C=O) groups is 4. The van der Waals surface area contributed by atoms with Crippen molar-refractivity contribution in [3.8, 4) is 5.88 Å². The van der Waals surface area contributed by atoms with E-state index in [1.165, 1.54) is 12.0 Å². The lowest BCUT2D eigenvalue weighted by Crippen LogP contribution is -2.61. The molecule has 14 nitrogen and oxygen atoms in total. The molecular formula is C38H51N5O9S. The number of alkyl carbamates (subject to hydrolysis) is 1. The van der Waals surface area contributed by atoms with Gasteiger partial charge in [0.15, 0.2) is 6.23 Å². The number of rotatable bonds is 8. The Balaban J connectivity index is 1.25. The van der Waals surface area contributed by atoms with Crippen molar-refractivity contribution in [3.05, 3.63) is 36.0 Å². The summed E-state index contributed by atoms with van der Waals surface area (Å²) < 4.78 is 46.0. The number of aromatic nitrogens is 1. The summed E-state index contributed by atoms with van der Waals surface area (Å²) >= 11 is 0. The Kier molecular flexibility index (Phi) is 10.9. The van der Waals surface area contributed by atoms with E-state index in [-0.39, 0.29) is 31.3 Å². The van der Waals surface area contributed by atoms with Gasteiger partial charge in [0.2, 0.25) is 27.7 Å². The summed E-state index contributed by atoms with van der Waals surface area (Å²) in [6.07, 6.45) is 8.19. The number of methoxy groups -OCH3 is 1. The number of sulfonamides is 1. The zero-order chi connectivity index (χ0) is 37.3. The van der Waals surface area contributed by atoms with Crippen LogP contribution in [0.2, 0.25) is 0 Å². The molecule has 3 aliphatic carbocycles. The smallest absolute Gasteiger partial charge is 0.407 e. The number of aryl methyl sites for hydroxylation is 1.